The number of anilines is 1. The van der Waals surface area contributed by atoms with E-state index in [1.54, 1.807) is 0 Å². The Labute approximate surface area is 146 Å². The van der Waals surface area contributed by atoms with E-state index in [1.807, 2.05) is 0 Å². The van der Waals surface area contributed by atoms with Crippen LogP contribution in [0, 0.1) is 6.92 Å². The first-order valence-electron chi connectivity index (χ1n) is 9.55. The van der Waals surface area contributed by atoms with Crippen LogP contribution in [-0.4, -0.2) is 24.0 Å². The summed E-state index contributed by atoms with van der Waals surface area (Å²) in [6.07, 6.45) is 7.36. The van der Waals surface area contributed by atoms with Crippen molar-refractivity contribution in [2.45, 2.75) is 83.7 Å². The van der Waals surface area contributed by atoms with Crippen LogP contribution in [0.2, 0.25) is 0 Å². The Morgan fingerprint density at radius 3 is 2.67 bits per heavy atom. The van der Waals surface area contributed by atoms with Gasteiger partial charge in [0.25, 0.3) is 0 Å². The summed E-state index contributed by atoms with van der Waals surface area (Å²) in [5.74, 6) is 0.702. The predicted octanol–water partition coefficient (Wildman–Crippen LogP) is 4.54. The summed E-state index contributed by atoms with van der Waals surface area (Å²) in [6.45, 7) is 9.26. The Balaban J connectivity index is 1.79. The number of nitrogens with one attached hydrogen (secondary N) is 1. The molecule has 1 aromatic rings. The van der Waals surface area contributed by atoms with Gasteiger partial charge in [-0.05, 0) is 57.6 Å². The fraction of sp³-hybridized carbons (Fsp3) is 0.667. The van der Waals surface area contributed by atoms with Crippen LogP contribution in [0.15, 0.2) is 18.2 Å². The van der Waals surface area contributed by atoms with Gasteiger partial charge in [-0.15, -0.1) is 0 Å². The molecular weight excluding hydrogens is 296 g/mol. The molecule has 0 saturated heterocycles. The average Bonchev–Trinajstić information content (AvgIpc) is 2.54. The SMILES string of the molecule is Cc1ccc2c(c1)[C@@H](C)CC(C)(C)N2C(=O)CNC1CCCCC1. The third kappa shape index (κ3) is 3.51. The lowest BCUT2D eigenvalue weighted by Gasteiger charge is -2.46. The molecule has 1 aliphatic carbocycles. The molecule has 1 aliphatic heterocycles. The summed E-state index contributed by atoms with van der Waals surface area (Å²) in [4.78, 5) is 15.1. The van der Waals surface area contributed by atoms with E-state index in [0.29, 0.717) is 18.5 Å². The summed E-state index contributed by atoms with van der Waals surface area (Å²) in [5.41, 5.74) is 3.57. The largest absolute Gasteiger partial charge is 0.306 e. The van der Waals surface area contributed by atoms with Crippen LogP contribution in [0.1, 0.15) is 76.3 Å². The number of hydrogen-bond donors (Lipinski definition) is 1. The van der Waals surface area contributed by atoms with Gasteiger partial charge in [-0.3, -0.25) is 4.79 Å². The van der Waals surface area contributed by atoms with Crippen LogP contribution in [0.4, 0.5) is 5.69 Å². The van der Waals surface area contributed by atoms with Gasteiger partial charge in [-0.25, -0.2) is 0 Å². The average molecular weight is 329 g/mol. The van der Waals surface area contributed by atoms with Gasteiger partial charge in [-0.1, -0.05) is 43.9 Å². The number of amides is 1. The van der Waals surface area contributed by atoms with Gasteiger partial charge in [0.1, 0.15) is 0 Å². The van der Waals surface area contributed by atoms with Gasteiger partial charge >= 0.3 is 0 Å². The Bertz CT molecular complexity index is 602. The number of hydrogen-bond acceptors (Lipinski definition) is 2. The van der Waals surface area contributed by atoms with Gasteiger partial charge in [0.2, 0.25) is 5.91 Å². The number of aryl methyl sites for hydroxylation is 1. The molecule has 24 heavy (non-hydrogen) atoms. The first kappa shape index (κ1) is 17.5. The highest BCUT2D eigenvalue weighted by Crippen LogP contribution is 2.43. The first-order valence-corrected chi connectivity index (χ1v) is 9.55. The summed E-state index contributed by atoms with van der Waals surface area (Å²) in [6, 6.07) is 7.04. The Hall–Kier alpha value is -1.35. The van der Waals surface area contributed by atoms with Crippen molar-refractivity contribution in [2.75, 3.05) is 11.4 Å². The lowest BCUT2D eigenvalue weighted by Crippen LogP contribution is -2.54. The number of fused-ring (bicyclic) bond motifs is 1. The Kier molecular flexibility index (Phi) is 5.00. The molecule has 1 heterocycles. The molecule has 1 aromatic carbocycles. The summed E-state index contributed by atoms with van der Waals surface area (Å²) in [7, 11) is 0. The molecule has 0 radical (unpaired) electrons. The maximum Gasteiger partial charge on any atom is 0.241 e. The lowest BCUT2D eigenvalue weighted by atomic mass is 9.79. The molecule has 1 saturated carbocycles. The van der Waals surface area contributed by atoms with Crippen molar-refractivity contribution in [3.05, 3.63) is 29.3 Å². The van der Waals surface area contributed by atoms with E-state index in [2.05, 4.69) is 56.1 Å². The molecule has 0 bridgehead atoms. The molecule has 3 rings (SSSR count). The second-order valence-corrected chi connectivity index (χ2v) is 8.42. The maximum atomic E-state index is 13.1. The minimum absolute atomic E-state index is 0.132. The van der Waals surface area contributed by atoms with Gasteiger partial charge in [0.05, 0.1) is 6.54 Å². The Morgan fingerprint density at radius 1 is 1.25 bits per heavy atom. The molecule has 0 unspecified atom stereocenters. The molecule has 2 aliphatic rings. The van der Waals surface area contributed by atoms with Crippen LogP contribution < -0.4 is 10.2 Å². The molecule has 1 amide bonds. The van der Waals surface area contributed by atoms with Gasteiger partial charge in [0.15, 0.2) is 0 Å². The van der Waals surface area contributed by atoms with E-state index < -0.39 is 0 Å². The zero-order chi connectivity index (χ0) is 17.3. The zero-order valence-corrected chi connectivity index (χ0v) is 15.7. The van der Waals surface area contributed by atoms with Crippen molar-refractivity contribution in [3.8, 4) is 0 Å². The zero-order valence-electron chi connectivity index (χ0n) is 15.7. The van der Waals surface area contributed by atoms with E-state index in [-0.39, 0.29) is 11.4 Å². The molecular formula is C21H32N2O. The predicted molar refractivity (Wildman–Crippen MR) is 101 cm³/mol. The van der Waals surface area contributed by atoms with Crippen LogP contribution >= 0.6 is 0 Å². The first-order chi connectivity index (χ1) is 11.4. The topological polar surface area (TPSA) is 32.3 Å². The lowest BCUT2D eigenvalue weighted by molar-refractivity contribution is -0.119. The maximum absolute atomic E-state index is 13.1. The molecule has 1 atom stereocenters. The van der Waals surface area contributed by atoms with E-state index in [4.69, 9.17) is 0 Å². The number of carbonyl (C=O) groups excluding carboxylic acids is 1. The van der Waals surface area contributed by atoms with Gasteiger partial charge in [-0.2, -0.15) is 0 Å². The smallest absolute Gasteiger partial charge is 0.241 e. The van der Waals surface area contributed by atoms with Crippen molar-refractivity contribution >= 4 is 11.6 Å². The Morgan fingerprint density at radius 2 is 1.96 bits per heavy atom. The monoisotopic (exact) mass is 328 g/mol. The number of rotatable bonds is 3. The van der Waals surface area contributed by atoms with Crippen LogP contribution in [0.5, 0.6) is 0 Å². The molecule has 3 heteroatoms. The third-order valence-corrected chi connectivity index (χ3v) is 5.76. The number of nitrogens with zero attached hydrogens (tertiary/aromatic N) is 1. The second-order valence-electron chi connectivity index (χ2n) is 8.42. The van der Waals surface area contributed by atoms with Crippen molar-refractivity contribution in [3.63, 3.8) is 0 Å². The van der Waals surface area contributed by atoms with E-state index >= 15 is 0 Å². The molecule has 132 valence electrons. The third-order valence-electron chi connectivity index (χ3n) is 5.76. The van der Waals surface area contributed by atoms with E-state index in [9.17, 15) is 4.79 Å². The molecule has 0 aromatic heterocycles. The minimum Gasteiger partial charge on any atom is -0.306 e. The van der Waals surface area contributed by atoms with Crippen molar-refractivity contribution in [1.29, 1.82) is 0 Å². The highest BCUT2D eigenvalue weighted by atomic mass is 16.2. The normalized spacial score (nSPS) is 23.8. The molecule has 3 nitrogen and oxygen atoms in total. The fourth-order valence-electron chi connectivity index (χ4n) is 4.64. The summed E-state index contributed by atoms with van der Waals surface area (Å²) < 4.78 is 0. The fourth-order valence-corrected chi connectivity index (χ4v) is 4.64. The highest BCUT2D eigenvalue weighted by molar-refractivity contribution is 5.97. The van der Waals surface area contributed by atoms with Crippen molar-refractivity contribution < 1.29 is 4.79 Å². The van der Waals surface area contributed by atoms with E-state index in [0.717, 1.165) is 12.1 Å². The standard InChI is InChI=1S/C21H32N2O/c1-15-10-11-19-18(12-15)16(2)13-21(3,4)23(19)20(24)14-22-17-8-6-5-7-9-17/h10-12,16-17,22H,5-9,13-14H2,1-4H3/t16-/m0/s1. The second kappa shape index (κ2) is 6.87. The van der Waals surface area contributed by atoms with Crippen molar-refractivity contribution in [1.82, 2.24) is 5.32 Å². The molecule has 1 N–H and O–H groups in total. The molecule has 1 fully saturated rings. The minimum atomic E-state index is -0.132. The van der Waals surface area contributed by atoms with E-state index in [1.165, 1.54) is 43.2 Å². The number of carbonyl (C=O) groups is 1. The summed E-state index contributed by atoms with van der Waals surface area (Å²) >= 11 is 0. The van der Waals surface area contributed by atoms with Crippen molar-refractivity contribution in [2.24, 2.45) is 0 Å². The van der Waals surface area contributed by atoms with Gasteiger partial charge in [0, 0.05) is 17.3 Å². The van der Waals surface area contributed by atoms with Crippen LogP contribution in [-0.2, 0) is 4.79 Å². The highest BCUT2D eigenvalue weighted by Gasteiger charge is 2.39. The quantitative estimate of drug-likeness (QED) is 0.883. The van der Waals surface area contributed by atoms with Gasteiger partial charge < -0.3 is 10.2 Å². The van der Waals surface area contributed by atoms with Crippen LogP contribution in [0.25, 0.3) is 0 Å². The summed E-state index contributed by atoms with van der Waals surface area (Å²) in [5, 5.41) is 3.52. The number of benzene rings is 1. The van der Waals surface area contributed by atoms with Crippen LogP contribution in [0.3, 0.4) is 0 Å². The molecule has 0 spiro atoms.